The van der Waals surface area contributed by atoms with Gasteiger partial charge in [-0.2, -0.15) is 0 Å². The number of rotatable bonds is 4. The van der Waals surface area contributed by atoms with E-state index < -0.39 is 10.9 Å². The van der Waals surface area contributed by atoms with Crippen LogP contribution in [0.15, 0.2) is 12.1 Å². The van der Waals surface area contributed by atoms with Gasteiger partial charge in [0.2, 0.25) is 0 Å². The third-order valence-electron chi connectivity index (χ3n) is 2.33. The Morgan fingerprint density at radius 1 is 1.53 bits per heavy atom. The molecule has 0 saturated heterocycles. The third kappa shape index (κ3) is 3.17. The van der Waals surface area contributed by atoms with Gasteiger partial charge in [0, 0.05) is 16.7 Å². The van der Waals surface area contributed by atoms with Gasteiger partial charge < -0.3 is 4.74 Å². The highest BCUT2D eigenvalue weighted by molar-refractivity contribution is 6.31. The number of benzene rings is 1. The molecule has 0 spiro atoms. The van der Waals surface area contributed by atoms with E-state index in [2.05, 4.69) is 0 Å². The smallest absolute Gasteiger partial charge is 0.310 e. The number of hydrogen-bond donors (Lipinski definition) is 0. The molecule has 0 aliphatic rings. The van der Waals surface area contributed by atoms with Crippen molar-refractivity contribution in [2.24, 2.45) is 0 Å². The van der Waals surface area contributed by atoms with Crippen LogP contribution in [0.3, 0.4) is 0 Å². The standard InChI is InChI=1S/C11H12ClNO4/c1-3-17-11(14)6-8-7(2)9(12)4-5-10(8)13(15)16/h4-5H,3,6H2,1-2H3. The van der Waals surface area contributed by atoms with Crippen LogP contribution in [-0.2, 0) is 16.0 Å². The minimum absolute atomic E-state index is 0.111. The molecule has 1 rings (SSSR count). The Bertz CT molecular complexity index is 459. The van der Waals surface area contributed by atoms with Crippen LogP contribution in [0.5, 0.6) is 0 Å². The van der Waals surface area contributed by atoms with Gasteiger partial charge in [-0.1, -0.05) is 11.6 Å². The number of hydrogen-bond acceptors (Lipinski definition) is 4. The summed E-state index contributed by atoms with van der Waals surface area (Å²) in [5.41, 5.74) is 0.731. The van der Waals surface area contributed by atoms with E-state index in [4.69, 9.17) is 16.3 Å². The van der Waals surface area contributed by atoms with Crippen LogP contribution >= 0.6 is 11.6 Å². The van der Waals surface area contributed by atoms with Gasteiger partial charge in [-0.05, 0) is 25.5 Å². The molecule has 0 radical (unpaired) electrons. The number of nitro groups is 1. The summed E-state index contributed by atoms with van der Waals surface area (Å²) in [5.74, 6) is -0.499. The number of esters is 1. The lowest BCUT2D eigenvalue weighted by atomic mass is 10.0. The molecular weight excluding hydrogens is 246 g/mol. The van der Waals surface area contributed by atoms with Crippen molar-refractivity contribution in [1.29, 1.82) is 0 Å². The number of nitro benzene ring substituents is 1. The summed E-state index contributed by atoms with van der Waals surface area (Å²) < 4.78 is 4.77. The number of carbonyl (C=O) groups is 1. The normalized spacial score (nSPS) is 10.1. The first-order valence-corrected chi connectivity index (χ1v) is 5.43. The van der Waals surface area contributed by atoms with Gasteiger partial charge in [-0.15, -0.1) is 0 Å². The molecule has 0 aromatic heterocycles. The molecule has 0 N–H and O–H groups in total. The first-order valence-electron chi connectivity index (χ1n) is 5.05. The molecule has 0 aliphatic heterocycles. The van der Waals surface area contributed by atoms with Crippen LogP contribution < -0.4 is 0 Å². The van der Waals surface area contributed by atoms with Gasteiger partial charge in [0.1, 0.15) is 0 Å². The Kier molecular flexibility index (Phi) is 4.45. The quantitative estimate of drug-likeness (QED) is 0.472. The highest BCUT2D eigenvalue weighted by atomic mass is 35.5. The molecule has 0 saturated carbocycles. The van der Waals surface area contributed by atoms with Crippen LogP contribution in [0.25, 0.3) is 0 Å². The second-order valence-electron chi connectivity index (χ2n) is 3.41. The van der Waals surface area contributed by atoms with Gasteiger partial charge in [0.15, 0.2) is 0 Å². The largest absolute Gasteiger partial charge is 0.466 e. The molecule has 17 heavy (non-hydrogen) atoms. The maximum absolute atomic E-state index is 11.4. The molecule has 0 amide bonds. The summed E-state index contributed by atoms with van der Waals surface area (Å²) in [6, 6.07) is 2.74. The summed E-state index contributed by atoms with van der Waals surface area (Å²) in [6.07, 6.45) is -0.142. The van der Waals surface area contributed by atoms with Gasteiger partial charge in [0.25, 0.3) is 5.69 Å². The molecule has 1 aromatic carbocycles. The average molecular weight is 258 g/mol. The van der Waals surface area contributed by atoms with E-state index in [1.165, 1.54) is 12.1 Å². The lowest BCUT2D eigenvalue weighted by molar-refractivity contribution is -0.385. The highest BCUT2D eigenvalue weighted by Gasteiger charge is 2.20. The topological polar surface area (TPSA) is 69.4 Å². The monoisotopic (exact) mass is 257 g/mol. The lowest BCUT2D eigenvalue weighted by Crippen LogP contribution is -2.10. The Labute approximate surface area is 103 Å². The number of halogens is 1. The van der Waals surface area contributed by atoms with E-state index in [1.807, 2.05) is 0 Å². The van der Waals surface area contributed by atoms with E-state index in [0.717, 1.165) is 0 Å². The predicted molar refractivity (Wildman–Crippen MR) is 63.2 cm³/mol. The zero-order valence-corrected chi connectivity index (χ0v) is 10.3. The first kappa shape index (κ1) is 13.4. The second-order valence-corrected chi connectivity index (χ2v) is 3.82. The number of ether oxygens (including phenoxy) is 1. The fourth-order valence-electron chi connectivity index (χ4n) is 1.46. The molecular formula is C11H12ClNO4. The van der Waals surface area contributed by atoms with Crippen molar-refractivity contribution >= 4 is 23.3 Å². The molecule has 92 valence electrons. The van der Waals surface area contributed by atoms with E-state index in [-0.39, 0.29) is 18.7 Å². The zero-order valence-electron chi connectivity index (χ0n) is 9.53. The molecule has 6 heteroatoms. The first-order chi connectivity index (χ1) is 7.97. The summed E-state index contributed by atoms with van der Waals surface area (Å²) in [4.78, 5) is 21.7. The Balaban J connectivity index is 3.14. The fraction of sp³-hybridized carbons (Fsp3) is 0.364. The molecule has 0 bridgehead atoms. The predicted octanol–water partition coefficient (Wildman–Crippen LogP) is 2.66. The SMILES string of the molecule is CCOC(=O)Cc1c([N+](=O)[O-])ccc(Cl)c1C. The minimum Gasteiger partial charge on any atom is -0.466 e. The second kappa shape index (κ2) is 5.63. The Morgan fingerprint density at radius 3 is 2.71 bits per heavy atom. The van der Waals surface area contributed by atoms with Gasteiger partial charge in [-0.3, -0.25) is 14.9 Å². The van der Waals surface area contributed by atoms with Crippen LogP contribution in [-0.4, -0.2) is 17.5 Å². The van der Waals surface area contributed by atoms with Crippen molar-refractivity contribution in [1.82, 2.24) is 0 Å². The Hall–Kier alpha value is -1.62. The van der Waals surface area contributed by atoms with Crippen molar-refractivity contribution in [3.63, 3.8) is 0 Å². The number of carbonyl (C=O) groups excluding carboxylic acids is 1. The lowest BCUT2D eigenvalue weighted by Gasteiger charge is -2.07. The van der Waals surface area contributed by atoms with E-state index in [9.17, 15) is 14.9 Å². The van der Waals surface area contributed by atoms with Gasteiger partial charge in [0.05, 0.1) is 18.0 Å². The van der Waals surface area contributed by atoms with Crippen LogP contribution in [0.1, 0.15) is 18.1 Å². The number of nitrogens with zero attached hydrogens (tertiary/aromatic N) is 1. The van der Waals surface area contributed by atoms with E-state index in [1.54, 1.807) is 13.8 Å². The van der Waals surface area contributed by atoms with Crippen LogP contribution in [0.4, 0.5) is 5.69 Å². The molecule has 1 aromatic rings. The van der Waals surface area contributed by atoms with Crippen molar-refractivity contribution < 1.29 is 14.5 Å². The molecule has 0 fully saturated rings. The van der Waals surface area contributed by atoms with Gasteiger partial charge >= 0.3 is 5.97 Å². The van der Waals surface area contributed by atoms with E-state index in [0.29, 0.717) is 16.1 Å². The summed E-state index contributed by atoms with van der Waals surface area (Å²) >= 11 is 5.88. The van der Waals surface area contributed by atoms with Crippen LogP contribution in [0.2, 0.25) is 5.02 Å². The summed E-state index contributed by atoms with van der Waals surface area (Å²) in [5, 5.41) is 11.2. The maximum Gasteiger partial charge on any atom is 0.310 e. The van der Waals surface area contributed by atoms with Crippen molar-refractivity contribution in [3.05, 3.63) is 38.4 Å². The summed E-state index contributed by atoms with van der Waals surface area (Å²) in [6.45, 7) is 3.56. The minimum atomic E-state index is -0.530. The van der Waals surface area contributed by atoms with E-state index >= 15 is 0 Å². The molecule has 0 unspecified atom stereocenters. The summed E-state index contributed by atoms with van der Waals surface area (Å²) in [7, 11) is 0. The Morgan fingerprint density at radius 2 is 2.18 bits per heavy atom. The van der Waals surface area contributed by atoms with Crippen molar-refractivity contribution in [3.8, 4) is 0 Å². The van der Waals surface area contributed by atoms with Crippen molar-refractivity contribution in [2.75, 3.05) is 6.61 Å². The fourth-order valence-corrected chi connectivity index (χ4v) is 1.64. The molecule has 0 atom stereocenters. The molecule has 0 heterocycles. The molecule has 5 nitrogen and oxygen atoms in total. The average Bonchev–Trinajstić information content (AvgIpc) is 2.25. The van der Waals surface area contributed by atoms with Crippen molar-refractivity contribution in [2.45, 2.75) is 20.3 Å². The zero-order chi connectivity index (χ0) is 13.0. The van der Waals surface area contributed by atoms with Crippen LogP contribution in [0, 0.1) is 17.0 Å². The van der Waals surface area contributed by atoms with Gasteiger partial charge in [-0.25, -0.2) is 0 Å². The maximum atomic E-state index is 11.4. The third-order valence-corrected chi connectivity index (χ3v) is 2.74. The molecule has 0 aliphatic carbocycles. The highest BCUT2D eigenvalue weighted by Crippen LogP contribution is 2.28.